The highest BCUT2D eigenvalue weighted by Crippen LogP contribution is 2.34. The first kappa shape index (κ1) is 13.1. The van der Waals surface area contributed by atoms with Crippen molar-refractivity contribution < 1.29 is 9.90 Å². The van der Waals surface area contributed by atoms with Gasteiger partial charge in [-0.2, -0.15) is 0 Å². The van der Waals surface area contributed by atoms with E-state index in [4.69, 9.17) is 39.9 Å². The second kappa shape index (κ2) is 5.14. The zero-order valence-corrected chi connectivity index (χ0v) is 11.1. The number of carboxylic acids is 1. The number of rotatable bonds is 2. The molecule has 0 amide bonds. The monoisotopic (exact) mass is 301 g/mol. The Morgan fingerprint density at radius 3 is 2.17 bits per heavy atom. The molecule has 2 aromatic rings. The van der Waals surface area contributed by atoms with Crippen molar-refractivity contribution in [3.63, 3.8) is 0 Å². The summed E-state index contributed by atoms with van der Waals surface area (Å²) in [6.45, 7) is 0. The van der Waals surface area contributed by atoms with Crippen molar-refractivity contribution in [2.75, 3.05) is 0 Å². The minimum Gasteiger partial charge on any atom is -0.478 e. The third-order valence-electron chi connectivity index (χ3n) is 2.30. The van der Waals surface area contributed by atoms with Gasteiger partial charge in [0.2, 0.25) is 0 Å². The molecule has 1 N–H and O–H groups in total. The predicted molar refractivity (Wildman–Crippen MR) is 71.7 cm³/mol. The molecular formula is C12H6Cl3NO2. The third kappa shape index (κ3) is 2.58. The van der Waals surface area contributed by atoms with Crippen molar-refractivity contribution in [3.05, 3.63) is 51.2 Å². The van der Waals surface area contributed by atoms with Crippen LogP contribution in [0.15, 0.2) is 30.6 Å². The van der Waals surface area contributed by atoms with Gasteiger partial charge in [-0.25, -0.2) is 4.79 Å². The van der Waals surface area contributed by atoms with Crippen molar-refractivity contribution in [2.24, 2.45) is 0 Å². The molecule has 0 saturated heterocycles. The minimum absolute atomic E-state index is 0.0923. The third-order valence-corrected chi connectivity index (χ3v) is 3.50. The topological polar surface area (TPSA) is 50.2 Å². The highest BCUT2D eigenvalue weighted by Gasteiger charge is 2.10. The lowest BCUT2D eigenvalue weighted by Crippen LogP contribution is -1.97. The largest absolute Gasteiger partial charge is 0.478 e. The first-order valence-electron chi connectivity index (χ1n) is 4.82. The molecule has 0 aliphatic heterocycles. The van der Waals surface area contributed by atoms with Gasteiger partial charge in [0.15, 0.2) is 0 Å². The van der Waals surface area contributed by atoms with Gasteiger partial charge < -0.3 is 5.11 Å². The molecule has 0 bridgehead atoms. The van der Waals surface area contributed by atoms with Gasteiger partial charge in [-0.05, 0) is 23.8 Å². The number of nitrogens with zero attached hydrogens (tertiary/aromatic N) is 1. The van der Waals surface area contributed by atoms with E-state index in [-0.39, 0.29) is 10.6 Å². The van der Waals surface area contributed by atoms with E-state index >= 15 is 0 Å². The number of hydrogen-bond acceptors (Lipinski definition) is 2. The van der Waals surface area contributed by atoms with Crippen molar-refractivity contribution in [1.29, 1.82) is 0 Å². The zero-order valence-electron chi connectivity index (χ0n) is 8.82. The first-order chi connectivity index (χ1) is 8.49. The quantitative estimate of drug-likeness (QED) is 0.836. The summed E-state index contributed by atoms with van der Waals surface area (Å²) in [4.78, 5) is 14.7. The summed E-state index contributed by atoms with van der Waals surface area (Å²) >= 11 is 17.7. The Kier molecular flexibility index (Phi) is 3.76. The molecule has 3 nitrogen and oxygen atoms in total. The van der Waals surface area contributed by atoms with E-state index in [1.807, 2.05) is 0 Å². The summed E-state index contributed by atoms with van der Waals surface area (Å²) in [6, 6.07) is 4.71. The van der Waals surface area contributed by atoms with Crippen LogP contribution in [0.25, 0.3) is 11.1 Å². The van der Waals surface area contributed by atoms with Crippen LogP contribution in [-0.2, 0) is 0 Å². The average molecular weight is 303 g/mol. The first-order valence-corrected chi connectivity index (χ1v) is 5.95. The number of hydrogen-bond donors (Lipinski definition) is 1. The van der Waals surface area contributed by atoms with Crippen molar-refractivity contribution in [2.45, 2.75) is 0 Å². The Hall–Kier alpha value is -1.29. The van der Waals surface area contributed by atoms with Crippen molar-refractivity contribution in [1.82, 2.24) is 4.98 Å². The van der Waals surface area contributed by atoms with E-state index < -0.39 is 5.97 Å². The molecule has 0 radical (unpaired) electrons. The maximum atomic E-state index is 10.9. The van der Waals surface area contributed by atoms with Crippen molar-refractivity contribution >= 4 is 40.8 Å². The van der Waals surface area contributed by atoms with Gasteiger partial charge in [0.25, 0.3) is 0 Å². The van der Waals surface area contributed by atoms with Crippen LogP contribution in [0.1, 0.15) is 10.4 Å². The molecule has 0 aliphatic carbocycles. The molecule has 18 heavy (non-hydrogen) atoms. The summed E-state index contributed by atoms with van der Waals surface area (Å²) in [6.07, 6.45) is 2.80. The lowest BCUT2D eigenvalue weighted by atomic mass is 10.1. The Morgan fingerprint density at radius 1 is 1.00 bits per heavy atom. The van der Waals surface area contributed by atoms with Gasteiger partial charge in [-0.3, -0.25) is 4.98 Å². The lowest BCUT2D eigenvalue weighted by molar-refractivity contribution is 0.0696. The van der Waals surface area contributed by atoms with Gasteiger partial charge in [-0.15, -0.1) is 0 Å². The highest BCUT2D eigenvalue weighted by atomic mass is 35.5. The number of pyridine rings is 1. The van der Waals surface area contributed by atoms with Gasteiger partial charge >= 0.3 is 5.97 Å². The van der Waals surface area contributed by atoms with E-state index in [0.29, 0.717) is 21.2 Å². The van der Waals surface area contributed by atoms with Crippen molar-refractivity contribution in [3.8, 4) is 11.1 Å². The smallest absolute Gasteiger partial charge is 0.337 e. The van der Waals surface area contributed by atoms with E-state index in [1.165, 1.54) is 18.5 Å². The highest BCUT2D eigenvalue weighted by molar-refractivity contribution is 6.48. The van der Waals surface area contributed by atoms with Crippen LogP contribution in [0.2, 0.25) is 15.1 Å². The van der Waals surface area contributed by atoms with E-state index in [0.717, 1.165) is 0 Å². The lowest BCUT2D eigenvalue weighted by Gasteiger charge is -2.06. The summed E-state index contributed by atoms with van der Waals surface area (Å²) < 4.78 is 0. The molecule has 2 rings (SSSR count). The van der Waals surface area contributed by atoms with Gasteiger partial charge in [0.1, 0.15) is 0 Å². The Balaban J connectivity index is 2.55. The van der Waals surface area contributed by atoms with Gasteiger partial charge in [-0.1, -0.05) is 34.8 Å². The molecule has 0 atom stereocenters. The minimum atomic E-state index is -1.05. The van der Waals surface area contributed by atoms with Crippen LogP contribution in [0.5, 0.6) is 0 Å². The van der Waals surface area contributed by atoms with Crippen LogP contribution in [0.4, 0.5) is 0 Å². The second-order valence-corrected chi connectivity index (χ2v) is 4.71. The Morgan fingerprint density at radius 2 is 1.61 bits per heavy atom. The summed E-state index contributed by atoms with van der Waals surface area (Å²) in [7, 11) is 0. The normalized spacial score (nSPS) is 10.4. The van der Waals surface area contributed by atoms with Gasteiger partial charge in [0.05, 0.1) is 20.6 Å². The number of aromatic carboxylic acids is 1. The van der Waals surface area contributed by atoms with E-state index in [9.17, 15) is 4.79 Å². The van der Waals surface area contributed by atoms with Crippen LogP contribution in [-0.4, -0.2) is 16.1 Å². The van der Waals surface area contributed by atoms with Crippen LogP contribution < -0.4 is 0 Å². The second-order valence-electron chi connectivity index (χ2n) is 3.52. The molecule has 1 aromatic heterocycles. The number of benzene rings is 1. The fourth-order valence-electron chi connectivity index (χ4n) is 1.44. The predicted octanol–water partition coefficient (Wildman–Crippen LogP) is 4.41. The Labute approximate surface area is 118 Å². The summed E-state index contributed by atoms with van der Waals surface area (Å²) in [5, 5.41) is 9.78. The molecule has 1 heterocycles. The molecule has 0 aliphatic rings. The van der Waals surface area contributed by atoms with Gasteiger partial charge in [0, 0.05) is 18.0 Å². The summed E-state index contributed by atoms with van der Waals surface area (Å²) in [5.41, 5.74) is 1.36. The molecule has 6 heteroatoms. The number of aromatic nitrogens is 1. The molecule has 1 aromatic carbocycles. The SMILES string of the molecule is O=C(O)c1cncc(-c2cc(Cl)c(Cl)c(Cl)c2)c1. The molecule has 0 fully saturated rings. The van der Waals surface area contributed by atoms with Crippen LogP contribution in [0, 0.1) is 0 Å². The van der Waals surface area contributed by atoms with Crippen LogP contribution >= 0.6 is 34.8 Å². The fourth-order valence-corrected chi connectivity index (χ4v) is 2.03. The van der Waals surface area contributed by atoms with E-state index in [2.05, 4.69) is 4.98 Å². The number of carbonyl (C=O) groups is 1. The molecule has 92 valence electrons. The maximum absolute atomic E-state index is 10.9. The Bertz CT molecular complexity index is 605. The maximum Gasteiger partial charge on any atom is 0.337 e. The fraction of sp³-hybridized carbons (Fsp3) is 0. The molecule has 0 spiro atoms. The zero-order chi connectivity index (χ0) is 13.3. The molecule has 0 unspecified atom stereocenters. The number of halogens is 3. The molecule has 0 saturated carbocycles. The standard InChI is InChI=1S/C12H6Cl3NO2/c13-9-2-6(3-10(14)11(9)15)7-1-8(12(17)18)5-16-4-7/h1-5H,(H,17,18). The summed E-state index contributed by atoms with van der Waals surface area (Å²) in [5.74, 6) is -1.05. The average Bonchev–Trinajstić information content (AvgIpc) is 2.35. The van der Waals surface area contributed by atoms with E-state index in [1.54, 1.807) is 12.1 Å². The molecular weight excluding hydrogens is 296 g/mol. The van der Waals surface area contributed by atoms with Crippen LogP contribution in [0.3, 0.4) is 0 Å². The number of carboxylic acid groups (broad SMARTS) is 1.